The third-order valence-corrected chi connectivity index (χ3v) is 2.59. The molecule has 0 aromatic carbocycles. The van der Waals surface area contributed by atoms with E-state index in [2.05, 4.69) is 6.58 Å². The third-order valence-electron chi connectivity index (χ3n) is 2.59. The third kappa shape index (κ3) is 2.30. The Bertz CT molecular complexity index is 170. The van der Waals surface area contributed by atoms with E-state index in [9.17, 15) is 5.11 Å². The molecule has 4 unspecified atom stereocenters. The molecular formula is C10H18O3. The van der Waals surface area contributed by atoms with Crippen molar-refractivity contribution in [2.24, 2.45) is 5.92 Å². The fourth-order valence-electron chi connectivity index (χ4n) is 1.72. The first-order valence-corrected chi connectivity index (χ1v) is 4.64. The number of ether oxygens (including phenoxy) is 2. The van der Waals surface area contributed by atoms with E-state index in [0.29, 0.717) is 6.61 Å². The molecule has 1 heterocycles. The van der Waals surface area contributed by atoms with Crippen LogP contribution < -0.4 is 0 Å². The van der Waals surface area contributed by atoms with Gasteiger partial charge < -0.3 is 14.6 Å². The van der Waals surface area contributed by atoms with E-state index in [1.54, 1.807) is 7.11 Å². The summed E-state index contributed by atoms with van der Waals surface area (Å²) in [7, 11) is 1.61. The fraction of sp³-hybridized carbons (Fsp3) is 0.800. The van der Waals surface area contributed by atoms with Gasteiger partial charge in [0.15, 0.2) is 0 Å². The molecule has 3 heteroatoms. The van der Waals surface area contributed by atoms with Gasteiger partial charge in [0.05, 0.1) is 18.8 Å². The number of methoxy groups -OCH3 is 1. The van der Waals surface area contributed by atoms with Gasteiger partial charge in [0, 0.05) is 13.0 Å². The summed E-state index contributed by atoms with van der Waals surface area (Å²) in [5.74, 6) is 0.165. The Morgan fingerprint density at radius 1 is 1.54 bits per heavy atom. The minimum absolute atomic E-state index is 0.0904. The van der Waals surface area contributed by atoms with Crippen molar-refractivity contribution >= 4 is 0 Å². The first-order chi connectivity index (χ1) is 6.20. The van der Waals surface area contributed by atoms with Crippen LogP contribution in [0.15, 0.2) is 12.7 Å². The molecular weight excluding hydrogens is 168 g/mol. The zero-order valence-electron chi connectivity index (χ0n) is 8.27. The van der Waals surface area contributed by atoms with Crippen molar-refractivity contribution in [1.82, 2.24) is 0 Å². The molecule has 0 aliphatic carbocycles. The summed E-state index contributed by atoms with van der Waals surface area (Å²) in [4.78, 5) is 0. The van der Waals surface area contributed by atoms with Crippen molar-refractivity contribution in [3.8, 4) is 0 Å². The lowest BCUT2D eigenvalue weighted by Crippen LogP contribution is -2.28. The van der Waals surface area contributed by atoms with E-state index >= 15 is 0 Å². The van der Waals surface area contributed by atoms with Gasteiger partial charge in [0.2, 0.25) is 0 Å². The van der Waals surface area contributed by atoms with Crippen LogP contribution in [0.1, 0.15) is 13.3 Å². The van der Waals surface area contributed by atoms with E-state index in [-0.39, 0.29) is 18.1 Å². The normalized spacial score (nSPS) is 39.3. The van der Waals surface area contributed by atoms with Crippen LogP contribution in [-0.4, -0.2) is 37.1 Å². The summed E-state index contributed by atoms with van der Waals surface area (Å²) in [6.07, 6.45) is 2.11. The predicted molar refractivity (Wildman–Crippen MR) is 50.5 cm³/mol. The molecule has 1 saturated heterocycles. The van der Waals surface area contributed by atoms with Gasteiger partial charge in [-0.25, -0.2) is 0 Å². The highest BCUT2D eigenvalue weighted by Gasteiger charge is 2.39. The van der Waals surface area contributed by atoms with Gasteiger partial charge in [-0.1, -0.05) is 13.0 Å². The summed E-state index contributed by atoms with van der Waals surface area (Å²) >= 11 is 0. The molecule has 0 aromatic rings. The smallest absolute Gasteiger partial charge is 0.107 e. The molecule has 1 aliphatic heterocycles. The average molecular weight is 186 g/mol. The Kier molecular flexibility index (Phi) is 3.90. The van der Waals surface area contributed by atoms with Gasteiger partial charge in [-0.15, -0.1) is 6.58 Å². The minimum atomic E-state index is -0.412. The van der Waals surface area contributed by atoms with Gasteiger partial charge in [-0.05, 0) is 6.42 Å². The number of aliphatic hydroxyl groups is 1. The van der Waals surface area contributed by atoms with Crippen molar-refractivity contribution in [1.29, 1.82) is 0 Å². The maximum Gasteiger partial charge on any atom is 0.107 e. The van der Waals surface area contributed by atoms with E-state index in [0.717, 1.165) is 6.42 Å². The number of hydrogen-bond donors (Lipinski definition) is 1. The Morgan fingerprint density at radius 2 is 2.23 bits per heavy atom. The van der Waals surface area contributed by atoms with Gasteiger partial charge in [0.1, 0.15) is 6.10 Å². The molecule has 13 heavy (non-hydrogen) atoms. The van der Waals surface area contributed by atoms with Crippen LogP contribution in [0.2, 0.25) is 0 Å². The van der Waals surface area contributed by atoms with Gasteiger partial charge in [-0.3, -0.25) is 0 Å². The van der Waals surface area contributed by atoms with Crippen molar-refractivity contribution < 1.29 is 14.6 Å². The second-order valence-corrected chi connectivity index (χ2v) is 3.54. The van der Waals surface area contributed by atoms with Crippen LogP contribution in [0.5, 0.6) is 0 Å². The maximum atomic E-state index is 9.75. The molecule has 1 aliphatic rings. The molecule has 0 bridgehead atoms. The highest BCUT2D eigenvalue weighted by Crippen LogP contribution is 2.28. The molecule has 1 rings (SSSR count). The van der Waals surface area contributed by atoms with E-state index < -0.39 is 6.10 Å². The molecule has 0 aromatic heterocycles. The lowest BCUT2D eigenvalue weighted by atomic mass is 9.97. The number of hydrogen-bond acceptors (Lipinski definition) is 3. The summed E-state index contributed by atoms with van der Waals surface area (Å²) < 4.78 is 10.6. The summed E-state index contributed by atoms with van der Waals surface area (Å²) in [6, 6.07) is 0. The standard InChI is InChI=1S/C10H18O3/c1-4-5-8-7(2)10(11)9(13-8)6-12-3/h4,7-11H,1,5-6H2,2-3H3. The van der Waals surface area contributed by atoms with Crippen LogP contribution in [0.25, 0.3) is 0 Å². The number of aliphatic hydroxyl groups excluding tert-OH is 1. The quantitative estimate of drug-likeness (QED) is 0.665. The lowest BCUT2D eigenvalue weighted by Gasteiger charge is -2.13. The maximum absolute atomic E-state index is 9.75. The summed E-state index contributed by atoms with van der Waals surface area (Å²) in [6.45, 7) is 6.11. The lowest BCUT2D eigenvalue weighted by molar-refractivity contribution is -0.0322. The Hall–Kier alpha value is -0.380. The Morgan fingerprint density at radius 3 is 2.77 bits per heavy atom. The van der Waals surface area contributed by atoms with Crippen molar-refractivity contribution in [2.75, 3.05) is 13.7 Å². The predicted octanol–water partition coefficient (Wildman–Crippen LogP) is 0.973. The van der Waals surface area contributed by atoms with E-state index in [4.69, 9.17) is 9.47 Å². The van der Waals surface area contributed by atoms with E-state index in [1.807, 2.05) is 13.0 Å². The first-order valence-electron chi connectivity index (χ1n) is 4.64. The second kappa shape index (κ2) is 4.74. The monoisotopic (exact) mass is 186 g/mol. The van der Waals surface area contributed by atoms with Crippen molar-refractivity contribution in [2.45, 2.75) is 31.7 Å². The molecule has 1 fully saturated rings. The molecule has 0 radical (unpaired) electrons. The molecule has 0 spiro atoms. The first kappa shape index (κ1) is 10.7. The minimum Gasteiger partial charge on any atom is -0.390 e. The van der Waals surface area contributed by atoms with Gasteiger partial charge in [-0.2, -0.15) is 0 Å². The molecule has 4 atom stereocenters. The summed E-state index contributed by atoms with van der Waals surface area (Å²) in [5, 5.41) is 9.75. The van der Waals surface area contributed by atoms with Crippen LogP contribution in [0.4, 0.5) is 0 Å². The van der Waals surface area contributed by atoms with Crippen molar-refractivity contribution in [3.63, 3.8) is 0 Å². The largest absolute Gasteiger partial charge is 0.390 e. The van der Waals surface area contributed by atoms with Crippen LogP contribution >= 0.6 is 0 Å². The topological polar surface area (TPSA) is 38.7 Å². The number of rotatable bonds is 4. The molecule has 76 valence electrons. The Balaban J connectivity index is 2.50. The van der Waals surface area contributed by atoms with Crippen LogP contribution in [0.3, 0.4) is 0 Å². The van der Waals surface area contributed by atoms with Crippen LogP contribution in [-0.2, 0) is 9.47 Å². The highest BCUT2D eigenvalue weighted by molar-refractivity contribution is 4.91. The average Bonchev–Trinajstić information content (AvgIpc) is 2.36. The summed E-state index contributed by atoms with van der Waals surface area (Å²) in [5.41, 5.74) is 0. The molecule has 0 amide bonds. The van der Waals surface area contributed by atoms with E-state index in [1.165, 1.54) is 0 Å². The van der Waals surface area contributed by atoms with Crippen molar-refractivity contribution in [3.05, 3.63) is 12.7 Å². The zero-order valence-corrected chi connectivity index (χ0v) is 8.27. The molecule has 1 N–H and O–H groups in total. The fourth-order valence-corrected chi connectivity index (χ4v) is 1.72. The van der Waals surface area contributed by atoms with Crippen LogP contribution in [0, 0.1) is 5.92 Å². The molecule has 3 nitrogen and oxygen atoms in total. The second-order valence-electron chi connectivity index (χ2n) is 3.54. The molecule has 0 saturated carbocycles. The van der Waals surface area contributed by atoms with Gasteiger partial charge in [0.25, 0.3) is 0 Å². The highest BCUT2D eigenvalue weighted by atomic mass is 16.6. The SMILES string of the molecule is C=CCC1OC(COC)C(O)C1C. The van der Waals surface area contributed by atoms with Gasteiger partial charge >= 0.3 is 0 Å². The zero-order chi connectivity index (χ0) is 9.84. The Labute approximate surface area is 79.3 Å².